The highest BCUT2D eigenvalue weighted by molar-refractivity contribution is 7.92. The molecule has 0 bridgehead atoms. The lowest BCUT2D eigenvalue weighted by molar-refractivity contribution is -0.137. The van der Waals surface area contributed by atoms with E-state index in [0.29, 0.717) is 10.4 Å². The molecule has 5 nitrogen and oxygen atoms in total. The van der Waals surface area contributed by atoms with Crippen LogP contribution >= 0.6 is 0 Å². The van der Waals surface area contributed by atoms with Crippen LogP contribution in [0.5, 0.6) is 0 Å². The second kappa shape index (κ2) is 7.99. The van der Waals surface area contributed by atoms with Crippen LogP contribution in [-0.2, 0) is 27.5 Å². The summed E-state index contributed by atoms with van der Waals surface area (Å²) in [5.41, 5.74) is 0.656. The summed E-state index contributed by atoms with van der Waals surface area (Å²) in [6.07, 6.45) is -3.78. The van der Waals surface area contributed by atoms with Crippen molar-refractivity contribution in [2.45, 2.75) is 19.6 Å². The van der Waals surface area contributed by atoms with Crippen molar-refractivity contribution in [3.05, 3.63) is 65.2 Å². The maximum absolute atomic E-state index is 12.9. The van der Waals surface area contributed by atoms with Gasteiger partial charge in [-0.3, -0.25) is 9.10 Å². The van der Waals surface area contributed by atoms with Gasteiger partial charge in [0.2, 0.25) is 15.9 Å². The summed E-state index contributed by atoms with van der Waals surface area (Å²) in [5, 5.41) is 2.57. The first-order valence-corrected chi connectivity index (χ1v) is 9.79. The number of sulfonamides is 1. The molecule has 2 rings (SSSR count). The van der Waals surface area contributed by atoms with Gasteiger partial charge in [-0.1, -0.05) is 35.9 Å². The maximum Gasteiger partial charge on any atom is 0.416 e. The highest BCUT2D eigenvalue weighted by atomic mass is 32.2. The van der Waals surface area contributed by atoms with Crippen LogP contribution in [-0.4, -0.2) is 27.1 Å². The van der Waals surface area contributed by atoms with E-state index in [1.54, 1.807) is 0 Å². The number of hydrogen-bond acceptors (Lipinski definition) is 3. The summed E-state index contributed by atoms with van der Waals surface area (Å²) >= 11 is 0. The van der Waals surface area contributed by atoms with Gasteiger partial charge in [-0.15, -0.1) is 0 Å². The van der Waals surface area contributed by atoms with Gasteiger partial charge in [0.05, 0.1) is 17.5 Å². The second-order valence-corrected chi connectivity index (χ2v) is 7.99. The molecule has 146 valence electrons. The van der Waals surface area contributed by atoms with E-state index in [4.69, 9.17) is 0 Å². The predicted molar refractivity (Wildman–Crippen MR) is 96.7 cm³/mol. The SMILES string of the molecule is Cc1ccc(CNC(=O)CN(c2cccc(C(F)(F)F)c2)S(C)(=O)=O)cc1. The first kappa shape index (κ1) is 20.8. The molecule has 0 aliphatic carbocycles. The highest BCUT2D eigenvalue weighted by Crippen LogP contribution is 2.32. The number of carbonyl (C=O) groups is 1. The van der Waals surface area contributed by atoms with Crippen LogP contribution in [0.15, 0.2) is 48.5 Å². The van der Waals surface area contributed by atoms with E-state index in [2.05, 4.69) is 5.32 Å². The lowest BCUT2D eigenvalue weighted by Gasteiger charge is -2.22. The Bertz CT molecular complexity index is 910. The number of carbonyl (C=O) groups excluding carboxylic acids is 1. The van der Waals surface area contributed by atoms with E-state index in [-0.39, 0.29) is 12.2 Å². The van der Waals surface area contributed by atoms with Gasteiger partial charge in [0, 0.05) is 6.54 Å². The molecule has 2 aromatic carbocycles. The Morgan fingerprint density at radius 1 is 1.11 bits per heavy atom. The topological polar surface area (TPSA) is 66.5 Å². The van der Waals surface area contributed by atoms with Crippen molar-refractivity contribution in [1.82, 2.24) is 5.32 Å². The third-order valence-corrected chi connectivity index (χ3v) is 4.90. The van der Waals surface area contributed by atoms with Gasteiger partial charge in [0.25, 0.3) is 0 Å². The Labute approximate surface area is 155 Å². The van der Waals surface area contributed by atoms with Crippen molar-refractivity contribution in [3.63, 3.8) is 0 Å². The van der Waals surface area contributed by atoms with E-state index >= 15 is 0 Å². The first-order chi connectivity index (χ1) is 12.5. The van der Waals surface area contributed by atoms with Gasteiger partial charge in [0.1, 0.15) is 6.54 Å². The molecule has 1 N–H and O–H groups in total. The standard InChI is InChI=1S/C18H19F3N2O3S/c1-13-6-8-14(9-7-13)11-22-17(24)12-23(27(2,25)26)16-5-3-4-15(10-16)18(19,20)21/h3-10H,11-12H2,1-2H3,(H,22,24). The van der Waals surface area contributed by atoms with Gasteiger partial charge in [-0.05, 0) is 30.7 Å². The van der Waals surface area contributed by atoms with Crippen LogP contribution in [0.25, 0.3) is 0 Å². The van der Waals surface area contributed by atoms with Crippen molar-refractivity contribution in [1.29, 1.82) is 0 Å². The largest absolute Gasteiger partial charge is 0.416 e. The van der Waals surface area contributed by atoms with Crippen molar-refractivity contribution in [2.75, 3.05) is 17.1 Å². The molecular weight excluding hydrogens is 381 g/mol. The number of rotatable bonds is 6. The Kier molecular flexibility index (Phi) is 6.15. The molecule has 27 heavy (non-hydrogen) atoms. The Morgan fingerprint density at radius 3 is 2.30 bits per heavy atom. The molecule has 2 aromatic rings. The number of halogens is 3. The molecule has 0 aromatic heterocycles. The summed E-state index contributed by atoms with van der Waals surface area (Å²) in [6.45, 7) is 1.48. The van der Waals surface area contributed by atoms with Crippen molar-refractivity contribution in [3.8, 4) is 0 Å². The summed E-state index contributed by atoms with van der Waals surface area (Å²) in [4.78, 5) is 12.2. The first-order valence-electron chi connectivity index (χ1n) is 7.94. The summed E-state index contributed by atoms with van der Waals surface area (Å²) in [5.74, 6) is -0.626. The Hall–Kier alpha value is -2.55. The highest BCUT2D eigenvalue weighted by Gasteiger charge is 2.31. The fourth-order valence-corrected chi connectivity index (χ4v) is 3.18. The third-order valence-electron chi connectivity index (χ3n) is 3.76. The number of benzene rings is 2. The van der Waals surface area contributed by atoms with E-state index in [1.165, 1.54) is 6.07 Å². The van der Waals surface area contributed by atoms with Gasteiger partial charge in [0.15, 0.2) is 0 Å². The van der Waals surface area contributed by atoms with Crippen LogP contribution in [0.4, 0.5) is 18.9 Å². The molecule has 0 radical (unpaired) electrons. The number of aryl methyl sites for hydroxylation is 1. The van der Waals surface area contributed by atoms with Crippen LogP contribution in [0, 0.1) is 6.92 Å². The minimum Gasteiger partial charge on any atom is -0.350 e. The Morgan fingerprint density at radius 2 is 1.74 bits per heavy atom. The van der Waals surface area contributed by atoms with Gasteiger partial charge in [-0.25, -0.2) is 8.42 Å². The molecule has 0 unspecified atom stereocenters. The van der Waals surface area contributed by atoms with Crippen molar-refractivity contribution < 1.29 is 26.4 Å². The molecule has 9 heteroatoms. The summed E-state index contributed by atoms with van der Waals surface area (Å²) in [6, 6.07) is 11.2. The number of alkyl halides is 3. The fourth-order valence-electron chi connectivity index (χ4n) is 2.33. The van der Waals surface area contributed by atoms with E-state index < -0.39 is 34.2 Å². The van der Waals surface area contributed by atoms with Crippen LogP contribution < -0.4 is 9.62 Å². The Balaban J connectivity index is 2.15. The molecule has 0 aliphatic heterocycles. The lowest BCUT2D eigenvalue weighted by atomic mass is 10.1. The molecular formula is C18H19F3N2O3S. The van der Waals surface area contributed by atoms with Crippen LogP contribution in [0.3, 0.4) is 0 Å². The molecule has 0 heterocycles. The van der Waals surface area contributed by atoms with Crippen molar-refractivity contribution in [2.24, 2.45) is 0 Å². The predicted octanol–water partition coefficient (Wildman–Crippen LogP) is 3.10. The minimum absolute atomic E-state index is 0.180. The van der Waals surface area contributed by atoms with Crippen molar-refractivity contribution >= 4 is 21.6 Å². The average molecular weight is 400 g/mol. The number of hydrogen-bond donors (Lipinski definition) is 1. The zero-order valence-corrected chi connectivity index (χ0v) is 15.6. The molecule has 0 aliphatic rings. The number of nitrogens with one attached hydrogen (secondary N) is 1. The van der Waals surface area contributed by atoms with E-state index in [1.807, 2.05) is 31.2 Å². The molecule has 0 saturated heterocycles. The average Bonchev–Trinajstić information content (AvgIpc) is 2.57. The quantitative estimate of drug-likeness (QED) is 0.810. The smallest absolute Gasteiger partial charge is 0.350 e. The number of anilines is 1. The lowest BCUT2D eigenvalue weighted by Crippen LogP contribution is -2.40. The zero-order valence-electron chi connectivity index (χ0n) is 14.7. The second-order valence-electron chi connectivity index (χ2n) is 6.08. The monoisotopic (exact) mass is 400 g/mol. The normalized spacial score (nSPS) is 11.9. The van der Waals surface area contributed by atoms with Crippen LogP contribution in [0.2, 0.25) is 0 Å². The molecule has 0 spiro atoms. The summed E-state index contributed by atoms with van der Waals surface area (Å²) in [7, 11) is -3.96. The van der Waals surface area contributed by atoms with Crippen LogP contribution in [0.1, 0.15) is 16.7 Å². The van der Waals surface area contributed by atoms with Gasteiger partial charge in [-0.2, -0.15) is 13.2 Å². The molecule has 1 amide bonds. The van der Waals surface area contributed by atoms with E-state index in [9.17, 15) is 26.4 Å². The molecule has 0 atom stereocenters. The summed E-state index contributed by atoms with van der Waals surface area (Å²) < 4.78 is 63.3. The molecule has 0 saturated carbocycles. The van der Waals surface area contributed by atoms with Gasteiger partial charge >= 0.3 is 6.18 Å². The fraction of sp³-hybridized carbons (Fsp3) is 0.278. The number of amides is 1. The minimum atomic E-state index is -4.62. The van der Waals surface area contributed by atoms with Gasteiger partial charge < -0.3 is 5.32 Å². The maximum atomic E-state index is 12.9. The molecule has 0 fully saturated rings. The zero-order chi connectivity index (χ0) is 20.2. The number of nitrogens with zero attached hydrogens (tertiary/aromatic N) is 1. The third kappa shape index (κ3) is 5.99. The van der Waals surface area contributed by atoms with E-state index in [0.717, 1.165) is 29.5 Å².